The highest BCUT2D eigenvalue weighted by molar-refractivity contribution is 5.89. The number of nitrogens with one attached hydrogen (secondary N) is 1. The molecule has 1 atom stereocenters. The van der Waals surface area contributed by atoms with Gasteiger partial charge in [-0.2, -0.15) is 0 Å². The second-order valence-electron chi connectivity index (χ2n) is 8.40. The number of unbranched alkanes of at least 4 members (excludes halogenated alkanes) is 1. The summed E-state index contributed by atoms with van der Waals surface area (Å²) < 4.78 is 51.1. The third kappa shape index (κ3) is 10.6. The highest BCUT2D eigenvalue weighted by Crippen LogP contribution is 2.20. The fourth-order valence-electron chi connectivity index (χ4n) is 3.44. The minimum absolute atomic E-state index is 0.0239. The second kappa shape index (κ2) is 14.3. The Labute approximate surface area is 209 Å². The van der Waals surface area contributed by atoms with Gasteiger partial charge in [0.1, 0.15) is 18.2 Å². The van der Waals surface area contributed by atoms with E-state index in [0.29, 0.717) is 18.8 Å². The molecule has 0 radical (unpaired) electrons. The zero-order chi connectivity index (χ0) is 26.6. The predicted octanol–water partition coefficient (Wildman–Crippen LogP) is 5.60. The molecular weight excluding hydrogens is 477 g/mol. The van der Waals surface area contributed by atoms with Gasteiger partial charge in [-0.15, -0.1) is 0 Å². The number of hydrogen-bond donors (Lipinski definition) is 2. The lowest BCUT2D eigenvalue weighted by atomic mass is 10.1. The lowest BCUT2D eigenvalue weighted by Crippen LogP contribution is -2.38. The van der Waals surface area contributed by atoms with Crippen molar-refractivity contribution < 1.29 is 37.3 Å². The van der Waals surface area contributed by atoms with Crippen LogP contribution in [0.15, 0.2) is 48.5 Å². The molecule has 0 bridgehead atoms. The van der Waals surface area contributed by atoms with Crippen LogP contribution in [0.4, 0.5) is 23.7 Å². The summed E-state index contributed by atoms with van der Waals surface area (Å²) in [6.45, 7) is 3.34. The molecule has 0 saturated carbocycles. The van der Waals surface area contributed by atoms with Crippen molar-refractivity contribution >= 4 is 17.7 Å². The van der Waals surface area contributed by atoms with Gasteiger partial charge < -0.3 is 24.8 Å². The SMILES string of the molecule is CCOC(Cc1ccc(OCCN(CCCCC(C)(F)F)C(=O)Nc2ccccc2F)cc1)C(=O)O. The van der Waals surface area contributed by atoms with Gasteiger partial charge in [0, 0.05) is 26.0 Å². The van der Waals surface area contributed by atoms with E-state index in [4.69, 9.17) is 9.47 Å². The minimum Gasteiger partial charge on any atom is -0.492 e. The number of anilines is 1. The summed E-state index contributed by atoms with van der Waals surface area (Å²) >= 11 is 0. The van der Waals surface area contributed by atoms with Crippen molar-refractivity contribution in [1.29, 1.82) is 0 Å². The van der Waals surface area contributed by atoms with Gasteiger partial charge in [-0.05, 0) is 56.5 Å². The van der Waals surface area contributed by atoms with Crippen molar-refractivity contribution in [3.8, 4) is 5.75 Å². The highest BCUT2D eigenvalue weighted by Gasteiger charge is 2.21. The van der Waals surface area contributed by atoms with E-state index >= 15 is 0 Å². The maximum atomic E-state index is 13.9. The minimum atomic E-state index is -2.78. The molecule has 2 rings (SSSR count). The van der Waals surface area contributed by atoms with Gasteiger partial charge in [0.15, 0.2) is 6.10 Å². The first-order valence-electron chi connectivity index (χ1n) is 11.8. The van der Waals surface area contributed by atoms with E-state index in [9.17, 15) is 27.9 Å². The molecule has 0 aliphatic rings. The maximum Gasteiger partial charge on any atom is 0.333 e. The van der Waals surface area contributed by atoms with Crippen LogP contribution in [-0.2, 0) is 16.0 Å². The molecule has 0 aliphatic carbocycles. The van der Waals surface area contributed by atoms with E-state index < -0.39 is 29.8 Å². The Morgan fingerprint density at radius 2 is 1.78 bits per heavy atom. The largest absolute Gasteiger partial charge is 0.492 e. The first kappa shape index (κ1) is 29.0. The Bertz CT molecular complexity index is 967. The zero-order valence-corrected chi connectivity index (χ0v) is 20.5. The summed E-state index contributed by atoms with van der Waals surface area (Å²) in [5.41, 5.74) is 0.789. The third-order valence-corrected chi connectivity index (χ3v) is 5.31. The summed E-state index contributed by atoms with van der Waals surface area (Å²) in [5.74, 6) is -3.87. The van der Waals surface area contributed by atoms with Gasteiger partial charge in [-0.25, -0.2) is 22.8 Å². The van der Waals surface area contributed by atoms with Gasteiger partial charge >= 0.3 is 12.0 Å². The van der Waals surface area contributed by atoms with Crippen LogP contribution in [0.25, 0.3) is 0 Å². The van der Waals surface area contributed by atoms with Gasteiger partial charge in [0.2, 0.25) is 5.92 Å². The molecule has 10 heteroatoms. The first-order valence-corrected chi connectivity index (χ1v) is 11.8. The Hall–Kier alpha value is -3.27. The highest BCUT2D eigenvalue weighted by atomic mass is 19.3. The number of benzene rings is 2. The van der Waals surface area contributed by atoms with E-state index in [1.807, 2.05) is 0 Å². The number of amides is 2. The summed E-state index contributed by atoms with van der Waals surface area (Å²) in [7, 11) is 0. The van der Waals surface area contributed by atoms with Crippen molar-refractivity contribution in [3.63, 3.8) is 0 Å². The van der Waals surface area contributed by atoms with Crippen LogP contribution in [-0.4, -0.2) is 60.3 Å². The Balaban J connectivity index is 1.93. The summed E-state index contributed by atoms with van der Waals surface area (Å²) in [4.78, 5) is 25.4. The smallest absolute Gasteiger partial charge is 0.333 e. The molecule has 0 aliphatic heterocycles. The molecule has 36 heavy (non-hydrogen) atoms. The molecule has 0 saturated heterocycles. The zero-order valence-electron chi connectivity index (χ0n) is 20.5. The van der Waals surface area contributed by atoms with Crippen molar-refractivity contribution in [2.45, 2.75) is 51.6 Å². The quantitative estimate of drug-likeness (QED) is 0.305. The fraction of sp³-hybridized carbons (Fsp3) is 0.462. The van der Waals surface area contributed by atoms with Crippen LogP contribution in [0.1, 0.15) is 38.7 Å². The van der Waals surface area contributed by atoms with Crippen molar-refractivity contribution in [2.24, 2.45) is 0 Å². The van der Waals surface area contributed by atoms with Gasteiger partial charge in [0.05, 0.1) is 12.2 Å². The van der Waals surface area contributed by atoms with E-state index in [1.165, 1.54) is 23.1 Å². The standard InChI is InChI=1S/C26H33F3N2O5/c1-3-35-23(24(32)33)18-19-10-12-20(13-11-19)36-17-16-31(15-7-6-14-26(2,28)29)25(34)30-22-9-5-4-8-21(22)27/h4-5,8-13,23H,3,6-7,14-18H2,1-2H3,(H,30,34)(H,32,33). The fourth-order valence-corrected chi connectivity index (χ4v) is 3.44. The number of rotatable bonds is 15. The summed E-state index contributed by atoms with van der Waals surface area (Å²) in [6, 6.07) is 12.0. The molecule has 2 N–H and O–H groups in total. The van der Waals surface area contributed by atoms with E-state index in [-0.39, 0.29) is 44.6 Å². The molecule has 198 valence electrons. The first-order chi connectivity index (χ1) is 17.1. The second-order valence-corrected chi connectivity index (χ2v) is 8.40. The van der Waals surface area contributed by atoms with Crippen molar-refractivity contribution in [2.75, 3.05) is 31.6 Å². The molecule has 2 aromatic carbocycles. The lowest BCUT2D eigenvalue weighted by Gasteiger charge is -2.24. The third-order valence-electron chi connectivity index (χ3n) is 5.31. The number of nitrogens with zero attached hydrogens (tertiary/aromatic N) is 1. The Kier molecular flexibility index (Phi) is 11.5. The van der Waals surface area contributed by atoms with Gasteiger partial charge in [0.25, 0.3) is 0 Å². The van der Waals surface area contributed by atoms with Crippen LogP contribution >= 0.6 is 0 Å². The van der Waals surface area contributed by atoms with Crippen LogP contribution in [0.5, 0.6) is 5.75 Å². The maximum absolute atomic E-state index is 13.9. The Morgan fingerprint density at radius 3 is 2.39 bits per heavy atom. The van der Waals surface area contributed by atoms with Crippen molar-refractivity contribution in [1.82, 2.24) is 4.90 Å². The van der Waals surface area contributed by atoms with Gasteiger partial charge in [-0.1, -0.05) is 24.3 Å². The molecule has 0 spiro atoms. The molecular formula is C26H33F3N2O5. The number of urea groups is 1. The molecule has 0 aromatic heterocycles. The number of carboxylic acid groups (broad SMARTS) is 1. The number of carboxylic acids is 1. The van der Waals surface area contributed by atoms with Gasteiger partial charge in [-0.3, -0.25) is 0 Å². The average molecular weight is 511 g/mol. The molecule has 0 fully saturated rings. The molecule has 1 unspecified atom stereocenters. The van der Waals surface area contributed by atoms with E-state index in [1.54, 1.807) is 37.3 Å². The topological polar surface area (TPSA) is 88.1 Å². The van der Waals surface area contributed by atoms with E-state index in [2.05, 4.69) is 5.32 Å². The Morgan fingerprint density at radius 1 is 1.08 bits per heavy atom. The summed E-state index contributed by atoms with van der Waals surface area (Å²) in [6.07, 6.45) is -0.424. The van der Waals surface area contributed by atoms with Crippen LogP contribution in [0, 0.1) is 5.82 Å². The summed E-state index contributed by atoms with van der Waals surface area (Å²) in [5, 5.41) is 11.7. The lowest BCUT2D eigenvalue weighted by molar-refractivity contribution is -0.149. The van der Waals surface area contributed by atoms with Crippen LogP contribution in [0.3, 0.4) is 0 Å². The average Bonchev–Trinajstić information content (AvgIpc) is 2.82. The molecule has 7 nitrogen and oxygen atoms in total. The van der Waals surface area contributed by atoms with Crippen LogP contribution < -0.4 is 10.1 Å². The number of halogens is 3. The number of aliphatic carboxylic acids is 1. The monoisotopic (exact) mass is 510 g/mol. The molecule has 2 amide bonds. The number of carbonyl (C=O) groups excluding carboxylic acids is 1. The van der Waals surface area contributed by atoms with Crippen LogP contribution in [0.2, 0.25) is 0 Å². The predicted molar refractivity (Wildman–Crippen MR) is 130 cm³/mol. The van der Waals surface area contributed by atoms with E-state index in [0.717, 1.165) is 12.5 Å². The number of ether oxygens (including phenoxy) is 2. The normalized spacial score (nSPS) is 12.1. The number of para-hydroxylation sites is 1. The molecule has 2 aromatic rings. The number of alkyl halides is 2. The number of hydrogen-bond acceptors (Lipinski definition) is 4. The number of carbonyl (C=O) groups is 2. The van der Waals surface area contributed by atoms with Crippen molar-refractivity contribution in [3.05, 3.63) is 59.9 Å². The molecule has 0 heterocycles.